The third kappa shape index (κ3) is 2.41. The second kappa shape index (κ2) is 4.63. The van der Waals surface area contributed by atoms with Crippen LogP contribution in [0.15, 0.2) is 0 Å². The summed E-state index contributed by atoms with van der Waals surface area (Å²) in [5.41, 5.74) is 6.75. The normalized spacial score (nSPS) is 40.9. The lowest BCUT2D eigenvalue weighted by atomic mass is 9.70. The minimum Gasteiger partial charge on any atom is -0.376 e. The molecule has 0 bridgehead atoms. The van der Waals surface area contributed by atoms with Crippen molar-refractivity contribution < 1.29 is 4.74 Å². The highest BCUT2D eigenvalue weighted by atomic mass is 16.5. The topological polar surface area (TPSA) is 38.5 Å². The lowest BCUT2D eigenvalue weighted by Crippen LogP contribution is -2.59. The van der Waals surface area contributed by atoms with E-state index in [9.17, 15) is 0 Å². The molecule has 1 saturated carbocycles. The first-order valence-electron chi connectivity index (χ1n) is 6.62. The van der Waals surface area contributed by atoms with Gasteiger partial charge in [-0.3, -0.25) is 4.90 Å². The third-order valence-corrected chi connectivity index (χ3v) is 4.38. The number of hydrogen-bond acceptors (Lipinski definition) is 3. The van der Waals surface area contributed by atoms with E-state index in [-0.39, 0.29) is 0 Å². The van der Waals surface area contributed by atoms with Gasteiger partial charge in [0, 0.05) is 25.2 Å². The van der Waals surface area contributed by atoms with Crippen molar-refractivity contribution in [1.82, 2.24) is 4.90 Å². The molecule has 2 rings (SSSR count). The Bertz CT molecular complexity index is 242. The Balaban J connectivity index is 2.02. The molecule has 3 unspecified atom stereocenters. The van der Waals surface area contributed by atoms with Gasteiger partial charge in [0.1, 0.15) is 0 Å². The molecule has 0 aromatic heterocycles. The van der Waals surface area contributed by atoms with Gasteiger partial charge in [0.05, 0.1) is 12.7 Å². The predicted molar refractivity (Wildman–Crippen MR) is 66.4 cm³/mol. The molecule has 0 spiro atoms. The maximum Gasteiger partial charge on any atom is 0.0674 e. The maximum absolute atomic E-state index is 6.45. The molecular formula is C13H26N2O. The van der Waals surface area contributed by atoms with E-state index in [1.807, 2.05) is 0 Å². The van der Waals surface area contributed by atoms with Gasteiger partial charge in [-0.05, 0) is 25.2 Å². The van der Waals surface area contributed by atoms with Gasteiger partial charge in [-0.25, -0.2) is 0 Å². The van der Waals surface area contributed by atoms with Gasteiger partial charge >= 0.3 is 0 Å². The van der Waals surface area contributed by atoms with Crippen LogP contribution in [0.5, 0.6) is 0 Å². The molecule has 2 aliphatic rings. The fraction of sp³-hybridized carbons (Fsp3) is 1.00. The number of ether oxygens (including phenoxy) is 1. The number of hydrogen-bond donors (Lipinski definition) is 1. The summed E-state index contributed by atoms with van der Waals surface area (Å²) in [7, 11) is 0. The van der Waals surface area contributed by atoms with Crippen molar-refractivity contribution in [3.8, 4) is 0 Å². The van der Waals surface area contributed by atoms with Gasteiger partial charge in [-0.1, -0.05) is 20.3 Å². The third-order valence-electron chi connectivity index (χ3n) is 4.38. The van der Waals surface area contributed by atoms with Gasteiger partial charge in [-0.2, -0.15) is 0 Å². The fourth-order valence-electron chi connectivity index (χ4n) is 3.19. The summed E-state index contributed by atoms with van der Waals surface area (Å²) in [5, 5.41) is 0. The largest absolute Gasteiger partial charge is 0.376 e. The zero-order valence-electron chi connectivity index (χ0n) is 10.9. The van der Waals surface area contributed by atoms with Crippen LogP contribution >= 0.6 is 0 Å². The lowest BCUT2D eigenvalue weighted by Gasteiger charge is -2.48. The Kier molecular flexibility index (Phi) is 3.57. The summed E-state index contributed by atoms with van der Waals surface area (Å²) in [6.07, 6.45) is 4.21. The van der Waals surface area contributed by atoms with E-state index in [0.717, 1.165) is 19.7 Å². The quantitative estimate of drug-likeness (QED) is 0.738. The molecule has 1 saturated heterocycles. The van der Waals surface area contributed by atoms with Crippen molar-refractivity contribution in [2.75, 3.05) is 19.7 Å². The minimum absolute atomic E-state index is 0.296. The second-order valence-electron chi connectivity index (χ2n) is 6.15. The zero-order valence-corrected chi connectivity index (χ0v) is 10.9. The van der Waals surface area contributed by atoms with E-state index < -0.39 is 0 Å². The van der Waals surface area contributed by atoms with Crippen LogP contribution in [-0.2, 0) is 4.74 Å². The Hall–Kier alpha value is -0.120. The smallest absolute Gasteiger partial charge is 0.0674 e. The molecular weight excluding hydrogens is 200 g/mol. The Labute approximate surface area is 99.3 Å². The van der Waals surface area contributed by atoms with Crippen LogP contribution in [0, 0.1) is 5.41 Å². The minimum atomic E-state index is 0.296. The van der Waals surface area contributed by atoms with E-state index in [1.54, 1.807) is 0 Å². The van der Waals surface area contributed by atoms with Crippen LogP contribution in [0.3, 0.4) is 0 Å². The number of rotatable bonds is 1. The van der Waals surface area contributed by atoms with Crippen LogP contribution in [0.1, 0.15) is 40.0 Å². The fourth-order valence-corrected chi connectivity index (χ4v) is 3.19. The summed E-state index contributed by atoms with van der Waals surface area (Å²) in [4.78, 5) is 2.56. The van der Waals surface area contributed by atoms with Crippen molar-refractivity contribution in [2.24, 2.45) is 11.1 Å². The van der Waals surface area contributed by atoms with Crippen LogP contribution in [0.25, 0.3) is 0 Å². The molecule has 2 fully saturated rings. The van der Waals surface area contributed by atoms with E-state index in [0.29, 0.717) is 23.6 Å². The Morgan fingerprint density at radius 1 is 1.38 bits per heavy atom. The maximum atomic E-state index is 6.45. The molecule has 0 aromatic rings. The average molecular weight is 226 g/mol. The van der Waals surface area contributed by atoms with E-state index in [1.165, 1.54) is 19.3 Å². The SMILES string of the molecule is CC1CN(C2CCCC(C)(C)C2N)CCO1. The number of nitrogens with two attached hydrogens (primary N) is 1. The van der Waals surface area contributed by atoms with Crippen molar-refractivity contribution in [2.45, 2.75) is 58.2 Å². The Morgan fingerprint density at radius 3 is 2.81 bits per heavy atom. The first-order chi connectivity index (χ1) is 7.50. The van der Waals surface area contributed by atoms with Crippen LogP contribution < -0.4 is 5.73 Å². The summed E-state index contributed by atoms with van der Waals surface area (Å²) >= 11 is 0. The highest BCUT2D eigenvalue weighted by molar-refractivity contribution is 4.96. The van der Waals surface area contributed by atoms with Crippen LogP contribution in [-0.4, -0.2) is 42.8 Å². The molecule has 1 aliphatic heterocycles. The van der Waals surface area contributed by atoms with Crippen molar-refractivity contribution in [3.05, 3.63) is 0 Å². The number of nitrogens with zero attached hydrogens (tertiary/aromatic N) is 1. The van der Waals surface area contributed by atoms with Gasteiger partial charge < -0.3 is 10.5 Å². The molecule has 3 atom stereocenters. The molecule has 3 heteroatoms. The highest BCUT2D eigenvalue weighted by Crippen LogP contribution is 2.36. The summed E-state index contributed by atoms with van der Waals surface area (Å²) < 4.78 is 5.60. The highest BCUT2D eigenvalue weighted by Gasteiger charge is 2.39. The first-order valence-corrected chi connectivity index (χ1v) is 6.62. The average Bonchev–Trinajstić information content (AvgIpc) is 2.22. The summed E-state index contributed by atoms with van der Waals surface area (Å²) in [5.74, 6) is 0. The molecule has 0 radical (unpaired) electrons. The van der Waals surface area contributed by atoms with Gasteiger partial charge in [0.25, 0.3) is 0 Å². The van der Waals surface area contributed by atoms with Crippen molar-refractivity contribution >= 4 is 0 Å². The zero-order chi connectivity index (χ0) is 11.8. The van der Waals surface area contributed by atoms with E-state index in [2.05, 4.69) is 25.7 Å². The summed E-state index contributed by atoms with van der Waals surface area (Å²) in [6.45, 7) is 9.76. The van der Waals surface area contributed by atoms with E-state index in [4.69, 9.17) is 10.5 Å². The monoisotopic (exact) mass is 226 g/mol. The van der Waals surface area contributed by atoms with E-state index >= 15 is 0 Å². The molecule has 3 nitrogen and oxygen atoms in total. The predicted octanol–water partition coefficient (Wildman–Crippen LogP) is 1.61. The first kappa shape index (κ1) is 12.3. The van der Waals surface area contributed by atoms with Crippen LogP contribution in [0.4, 0.5) is 0 Å². The van der Waals surface area contributed by atoms with Crippen molar-refractivity contribution in [3.63, 3.8) is 0 Å². The summed E-state index contributed by atoms with van der Waals surface area (Å²) in [6, 6.07) is 0.877. The standard InChI is InChI=1S/C13H26N2O/c1-10-9-15(7-8-16-10)11-5-4-6-13(2,3)12(11)14/h10-12H,4-9,14H2,1-3H3. The van der Waals surface area contributed by atoms with Crippen LogP contribution in [0.2, 0.25) is 0 Å². The molecule has 2 N–H and O–H groups in total. The Morgan fingerprint density at radius 2 is 2.12 bits per heavy atom. The molecule has 94 valence electrons. The second-order valence-corrected chi connectivity index (χ2v) is 6.15. The number of morpholine rings is 1. The lowest BCUT2D eigenvalue weighted by molar-refractivity contribution is -0.0533. The molecule has 0 aromatic carbocycles. The van der Waals surface area contributed by atoms with Crippen molar-refractivity contribution in [1.29, 1.82) is 0 Å². The molecule has 1 heterocycles. The molecule has 0 amide bonds. The molecule has 16 heavy (non-hydrogen) atoms. The molecule has 1 aliphatic carbocycles. The van der Waals surface area contributed by atoms with Gasteiger partial charge in [0.2, 0.25) is 0 Å². The van der Waals surface area contributed by atoms with Gasteiger partial charge in [-0.15, -0.1) is 0 Å². The van der Waals surface area contributed by atoms with Gasteiger partial charge in [0.15, 0.2) is 0 Å².